The summed E-state index contributed by atoms with van der Waals surface area (Å²) in [6, 6.07) is 6.21. The molecular weight excluding hydrogens is 245 g/mol. The van der Waals surface area contributed by atoms with Crippen LogP contribution in [0.2, 0.25) is 0 Å². The van der Waals surface area contributed by atoms with Crippen LogP contribution in [0.25, 0.3) is 0 Å². The van der Waals surface area contributed by atoms with Crippen LogP contribution in [0.4, 0.5) is 4.39 Å². The Bertz CT molecular complexity index is 411. The quantitative estimate of drug-likeness (QED) is 0.782. The van der Waals surface area contributed by atoms with Gasteiger partial charge < -0.3 is 11.1 Å². The molecule has 0 spiro atoms. The fraction of sp³-hybridized carbons (Fsp3) is 0.500. The number of carbonyl (C=O) groups is 1. The molecule has 5 heteroatoms. The molecule has 0 fully saturated rings. The minimum atomic E-state index is -0.287. The number of amides is 1. The number of nitrogens with two attached hydrogens (primary N) is 1. The number of nitrogens with zero attached hydrogens (tertiary/aromatic N) is 1. The van der Waals surface area contributed by atoms with Crippen molar-refractivity contribution in [1.82, 2.24) is 10.2 Å². The van der Waals surface area contributed by atoms with E-state index < -0.39 is 0 Å². The van der Waals surface area contributed by atoms with Crippen molar-refractivity contribution in [3.63, 3.8) is 0 Å². The highest BCUT2D eigenvalue weighted by Gasteiger charge is 2.20. The molecule has 0 saturated carbocycles. The van der Waals surface area contributed by atoms with Gasteiger partial charge in [-0.2, -0.15) is 0 Å². The van der Waals surface area contributed by atoms with E-state index in [2.05, 4.69) is 5.32 Å². The summed E-state index contributed by atoms with van der Waals surface area (Å²) in [7, 11) is 0. The highest BCUT2D eigenvalue weighted by molar-refractivity contribution is 5.78. The fourth-order valence-electron chi connectivity index (χ4n) is 2.09. The van der Waals surface area contributed by atoms with Gasteiger partial charge in [-0.05, 0) is 31.2 Å². The summed E-state index contributed by atoms with van der Waals surface area (Å²) >= 11 is 0. The lowest BCUT2D eigenvalue weighted by Gasteiger charge is -2.29. The smallest absolute Gasteiger partial charge is 0.234 e. The summed E-state index contributed by atoms with van der Waals surface area (Å²) in [5.41, 5.74) is 6.58. The standard InChI is InChI=1S/C14H22FN3O/c1-3-17-14(19)10-18(4-2)13(9-16)11-6-5-7-12(15)8-11/h5-8,13H,3-4,9-10,16H2,1-2H3,(H,17,19). The van der Waals surface area contributed by atoms with Crippen LogP contribution >= 0.6 is 0 Å². The number of hydrogen-bond donors (Lipinski definition) is 2. The largest absolute Gasteiger partial charge is 0.355 e. The Balaban J connectivity index is 2.83. The van der Waals surface area contributed by atoms with Crippen LogP contribution in [-0.4, -0.2) is 37.0 Å². The lowest BCUT2D eigenvalue weighted by Crippen LogP contribution is -2.41. The second-order valence-corrected chi connectivity index (χ2v) is 4.32. The van der Waals surface area contributed by atoms with Crippen LogP contribution in [0.1, 0.15) is 25.5 Å². The van der Waals surface area contributed by atoms with Crippen LogP contribution in [0.3, 0.4) is 0 Å². The van der Waals surface area contributed by atoms with Gasteiger partial charge in [0.25, 0.3) is 0 Å². The zero-order valence-corrected chi connectivity index (χ0v) is 11.5. The van der Waals surface area contributed by atoms with Gasteiger partial charge in [-0.3, -0.25) is 9.69 Å². The van der Waals surface area contributed by atoms with Gasteiger partial charge in [0.05, 0.1) is 6.54 Å². The van der Waals surface area contributed by atoms with Crippen molar-refractivity contribution in [2.45, 2.75) is 19.9 Å². The zero-order valence-electron chi connectivity index (χ0n) is 11.5. The molecule has 0 aromatic heterocycles. The molecule has 0 radical (unpaired) electrons. The molecule has 1 rings (SSSR count). The molecule has 0 bridgehead atoms. The van der Waals surface area contributed by atoms with Crippen LogP contribution in [-0.2, 0) is 4.79 Å². The summed E-state index contributed by atoms with van der Waals surface area (Å²) in [4.78, 5) is 13.6. The summed E-state index contributed by atoms with van der Waals surface area (Å²) in [6.07, 6.45) is 0. The topological polar surface area (TPSA) is 58.4 Å². The first kappa shape index (κ1) is 15.6. The van der Waals surface area contributed by atoms with Gasteiger partial charge in [0.1, 0.15) is 5.82 Å². The van der Waals surface area contributed by atoms with E-state index in [1.165, 1.54) is 12.1 Å². The molecule has 4 nitrogen and oxygen atoms in total. The minimum Gasteiger partial charge on any atom is -0.355 e. The Morgan fingerprint density at radius 1 is 1.47 bits per heavy atom. The van der Waals surface area contributed by atoms with Crippen LogP contribution in [0.15, 0.2) is 24.3 Å². The summed E-state index contributed by atoms with van der Waals surface area (Å²) in [6.45, 7) is 5.72. The van der Waals surface area contributed by atoms with E-state index in [-0.39, 0.29) is 24.3 Å². The monoisotopic (exact) mass is 267 g/mol. The zero-order chi connectivity index (χ0) is 14.3. The molecule has 0 saturated heterocycles. The molecule has 1 atom stereocenters. The summed E-state index contributed by atoms with van der Waals surface area (Å²) < 4.78 is 13.3. The average Bonchev–Trinajstić information content (AvgIpc) is 2.38. The van der Waals surface area contributed by atoms with Gasteiger partial charge >= 0.3 is 0 Å². The fourth-order valence-corrected chi connectivity index (χ4v) is 2.09. The van der Waals surface area contributed by atoms with Gasteiger partial charge in [-0.15, -0.1) is 0 Å². The van der Waals surface area contributed by atoms with Crippen molar-refractivity contribution < 1.29 is 9.18 Å². The Morgan fingerprint density at radius 2 is 2.21 bits per heavy atom. The maximum Gasteiger partial charge on any atom is 0.234 e. The number of hydrogen-bond acceptors (Lipinski definition) is 3. The summed E-state index contributed by atoms with van der Waals surface area (Å²) in [5, 5.41) is 2.76. The van der Waals surface area contributed by atoms with Crippen LogP contribution in [0, 0.1) is 5.82 Å². The second kappa shape index (κ2) is 7.86. The third-order valence-electron chi connectivity index (χ3n) is 3.02. The first-order chi connectivity index (χ1) is 9.12. The number of carbonyl (C=O) groups excluding carboxylic acids is 1. The molecule has 0 heterocycles. The van der Waals surface area contributed by atoms with Crippen molar-refractivity contribution in [3.05, 3.63) is 35.6 Å². The molecule has 1 aromatic carbocycles. The number of benzene rings is 1. The molecule has 0 aliphatic heterocycles. The predicted octanol–water partition coefficient (Wildman–Crippen LogP) is 1.28. The van der Waals surface area contributed by atoms with Gasteiger partial charge in [0.2, 0.25) is 5.91 Å². The third-order valence-corrected chi connectivity index (χ3v) is 3.02. The molecular formula is C14H22FN3O. The van der Waals surface area contributed by atoms with Crippen molar-refractivity contribution in [3.8, 4) is 0 Å². The van der Waals surface area contributed by atoms with Crippen molar-refractivity contribution in [1.29, 1.82) is 0 Å². The van der Waals surface area contributed by atoms with E-state index in [1.807, 2.05) is 24.8 Å². The van der Waals surface area contributed by atoms with Crippen molar-refractivity contribution >= 4 is 5.91 Å². The Kier molecular flexibility index (Phi) is 6.45. The Hall–Kier alpha value is -1.46. The maximum atomic E-state index is 13.3. The van der Waals surface area contributed by atoms with Crippen molar-refractivity contribution in [2.24, 2.45) is 5.73 Å². The van der Waals surface area contributed by atoms with Gasteiger partial charge in [0, 0.05) is 19.1 Å². The highest BCUT2D eigenvalue weighted by atomic mass is 19.1. The molecule has 19 heavy (non-hydrogen) atoms. The second-order valence-electron chi connectivity index (χ2n) is 4.32. The average molecular weight is 267 g/mol. The molecule has 106 valence electrons. The summed E-state index contributed by atoms with van der Waals surface area (Å²) in [5.74, 6) is -0.329. The highest BCUT2D eigenvalue weighted by Crippen LogP contribution is 2.19. The van der Waals surface area contributed by atoms with E-state index >= 15 is 0 Å². The lowest BCUT2D eigenvalue weighted by atomic mass is 10.1. The molecule has 3 N–H and O–H groups in total. The van der Waals surface area contributed by atoms with Crippen LogP contribution in [0.5, 0.6) is 0 Å². The Labute approximate surface area is 113 Å². The molecule has 0 aliphatic rings. The molecule has 1 unspecified atom stereocenters. The number of nitrogens with one attached hydrogen (secondary N) is 1. The third kappa shape index (κ3) is 4.61. The SMILES string of the molecule is CCNC(=O)CN(CC)C(CN)c1cccc(F)c1. The van der Waals surface area contributed by atoms with Crippen LogP contribution < -0.4 is 11.1 Å². The van der Waals surface area contributed by atoms with Gasteiger partial charge in [-0.1, -0.05) is 19.1 Å². The first-order valence-corrected chi connectivity index (χ1v) is 6.58. The predicted molar refractivity (Wildman–Crippen MR) is 74.1 cm³/mol. The normalized spacial score (nSPS) is 12.5. The lowest BCUT2D eigenvalue weighted by molar-refractivity contribution is -0.122. The number of likely N-dealkylation sites (N-methyl/N-ethyl adjacent to an activating group) is 2. The van der Waals surface area contributed by atoms with E-state index in [9.17, 15) is 9.18 Å². The van der Waals surface area contributed by atoms with E-state index in [4.69, 9.17) is 5.73 Å². The minimum absolute atomic E-state index is 0.0424. The van der Waals surface area contributed by atoms with Crippen molar-refractivity contribution in [2.75, 3.05) is 26.2 Å². The molecule has 0 aliphatic carbocycles. The van der Waals surface area contributed by atoms with Gasteiger partial charge in [-0.25, -0.2) is 4.39 Å². The number of rotatable bonds is 7. The van der Waals surface area contributed by atoms with E-state index in [0.717, 1.165) is 5.56 Å². The molecule has 1 aromatic rings. The number of halogens is 1. The Morgan fingerprint density at radius 3 is 2.74 bits per heavy atom. The van der Waals surface area contributed by atoms with E-state index in [0.29, 0.717) is 19.6 Å². The first-order valence-electron chi connectivity index (χ1n) is 6.58. The van der Waals surface area contributed by atoms with Gasteiger partial charge in [0.15, 0.2) is 0 Å². The molecule has 1 amide bonds. The maximum absolute atomic E-state index is 13.3. The van der Waals surface area contributed by atoms with E-state index in [1.54, 1.807) is 6.07 Å².